The number of anilines is 1. The van der Waals surface area contributed by atoms with Gasteiger partial charge in [0.1, 0.15) is 5.75 Å². The summed E-state index contributed by atoms with van der Waals surface area (Å²) in [5.74, 6) is 2.60. The standard InChI is InChI=1S/C27H30N7O3S2/c1-30-23-22(24(35)31(2)27(30)36)34(16-17-38-26-28-20-6-4-5-7-21(20)39-26)25(29-23)33-14-12-32(13-15-33)18-8-10-19(37-3)11-9-18/h4-11,22H,12-17H2,1-3H3/q+1. The van der Waals surface area contributed by atoms with Crippen LogP contribution in [0.1, 0.15) is 0 Å². The molecule has 2 saturated heterocycles. The minimum Gasteiger partial charge on any atom is -0.497 e. The number of thioether (sulfide) groups is 1. The minimum absolute atomic E-state index is 0.242. The predicted molar refractivity (Wildman–Crippen MR) is 154 cm³/mol. The zero-order valence-electron chi connectivity index (χ0n) is 22.1. The maximum absolute atomic E-state index is 13.3. The van der Waals surface area contributed by atoms with Gasteiger partial charge in [0.15, 0.2) is 4.34 Å². The first-order chi connectivity index (χ1) is 18.9. The van der Waals surface area contributed by atoms with Gasteiger partial charge in [-0.1, -0.05) is 28.9 Å². The Morgan fingerprint density at radius 1 is 1.05 bits per heavy atom. The van der Waals surface area contributed by atoms with E-state index >= 15 is 0 Å². The number of benzene rings is 2. The molecule has 0 bridgehead atoms. The second-order valence-corrected chi connectivity index (χ2v) is 11.9. The Hall–Kier alpha value is -3.64. The lowest BCUT2D eigenvalue weighted by atomic mass is 10.1. The van der Waals surface area contributed by atoms with E-state index in [1.807, 2.05) is 30.3 Å². The number of para-hydroxylation sites is 1. The molecule has 4 heterocycles. The van der Waals surface area contributed by atoms with Crippen LogP contribution in [0, 0.1) is 0 Å². The van der Waals surface area contributed by atoms with Gasteiger partial charge in [-0.2, -0.15) is 0 Å². The molecule has 0 spiro atoms. The number of aromatic nitrogens is 1. The lowest BCUT2D eigenvalue weighted by Gasteiger charge is -2.34. The van der Waals surface area contributed by atoms with E-state index in [2.05, 4.69) is 32.6 Å². The van der Waals surface area contributed by atoms with Crippen LogP contribution in [0.25, 0.3) is 10.2 Å². The lowest BCUT2D eigenvalue weighted by Crippen LogP contribution is -2.63. The number of likely N-dealkylation sites (N-methyl/N-ethyl adjacent to an activating group) is 2. The number of thiazole rings is 1. The van der Waals surface area contributed by atoms with Gasteiger partial charge in [0, 0.05) is 38.6 Å². The Labute approximate surface area is 235 Å². The number of hydrogen-bond donors (Lipinski definition) is 0. The number of urea groups is 1. The molecule has 1 unspecified atom stereocenters. The van der Waals surface area contributed by atoms with Crippen molar-refractivity contribution in [3.8, 4) is 5.75 Å². The summed E-state index contributed by atoms with van der Waals surface area (Å²) in [6.45, 7) is 3.76. The van der Waals surface area contributed by atoms with Crippen LogP contribution < -0.4 is 9.64 Å². The zero-order chi connectivity index (χ0) is 27.1. The summed E-state index contributed by atoms with van der Waals surface area (Å²) in [4.78, 5) is 42.8. The molecule has 3 amide bonds. The Morgan fingerprint density at radius 3 is 2.51 bits per heavy atom. The Kier molecular flexibility index (Phi) is 6.90. The quantitative estimate of drug-likeness (QED) is 0.336. The Balaban J connectivity index is 1.23. The number of piperazine rings is 1. The fourth-order valence-corrected chi connectivity index (χ4v) is 7.25. The highest BCUT2D eigenvalue weighted by Gasteiger charge is 2.55. The normalized spacial score (nSPS) is 19.8. The number of aliphatic imine (C=N–C) groups is 1. The predicted octanol–water partition coefficient (Wildman–Crippen LogP) is 2.89. The first kappa shape index (κ1) is 25.6. The topological polar surface area (TPSA) is 84.6 Å². The molecule has 202 valence electrons. The molecule has 2 fully saturated rings. The molecule has 0 aliphatic carbocycles. The molecular weight excluding hydrogens is 534 g/mol. The number of amidine groups is 1. The van der Waals surface area contributed by atoms with Crippen molar-refractivity contribution in [3.05, 3.63) is 48.5 Å². The Morgan fingerprint density at radius 2 is 1.79 bits per heavy atom. The summed E-state index contributed by atoms with van der Waals surface area (Å²) in [5, 5.41) is 0. The highest BCUT2D eigenvalue weighted by Crippen LogP contribution is 2.30. The summed E-state index contributed by atoms with van der Waals surface area (Å²) in [7, 11) is 4.90. The van der Waals surface area contributed by atoms with Gasteiger partial charge < -0.3 is 9.64 Å². The molecule has 0 N–H and O–H groups in total. The van der Waals surface area contributed by atoms with Gasteiger partial charge in [0.25, 0.3) is 5.91 Å². The van der Waals surface area contributed by atoms with Gasteiger partial charge >= 0.3 is 12.0 Å². The van der Waals surface area contributed by atoms with Crippen LogP contribution in [0.5, 0.6) is 5.75 Å². The number of carbonyl (C=O) groups is 2. The van der Waals surface area contributed by atoms with Gasteiger partial charge in [0.2, 0.25) is 11.9 Å². The van der Waals surface area contributed by atoms with Gasteiger partial charge in [-0.25, -0.2) is 14.7 Å². The second-order valence-electron chi connectivity index (χ2n) is 9.57. The molecule has 2 aromatic carbocycles. The molecule has 0 radical (unpaired) electrons. The summed E-state index contributed by atoms with van der Waals surface area (Å²) < 4.78 is 9.70. The number of hydrogen-bond acceptors (Lipinski definition) is 7. The summed E-state index contributed by atoms with van der Waals surface area (Å²) in [5.41, 5.74) is 2.15. The number of imide groups is 1. The third-order valence-electron chi connectivity index (χ3n) is 7.34. The van der Waals surface area contributed by atoms with Crippen molar-refractivity contribution in [1.82, 2.24) is 19.7 Å². The van der Waals surface area contributed by atoms with Crippen molar-refractivity contribution in [1.29, 1.82) is 0 Å². The molecule has 6 rings (SSSR count). The third-order valence-corrected chi connectivity index (χ3v) is 9.50. The van der Waals surface area contributed by atoms with Crippen molar-refractivity contribution in [2.75, 3.05) is 64.6 Å². The van der Waals surface area contributed by atoms with Gasteiger partial charge in [-0.3, -0.25) is 19.2 Å². The van der Waals surface area contributed by atoms with Gasteiger partial charge in [0.05, 0.1) is 37.0 Å². The van der Waals surface area contributed by atoms with Crippen molar-refractivity contribution < 1.29 is 18.9 Å². The SMILES string of the molecule is COc1ccc(N2CC[N+](=C3N=C4C(C(=O)N(C)C(=O)N4C)N3CCSc3nc4ccccc4s3)CC2)cc1. The summed E-state index contributed by atoms with van der Waals surface area (Å²) in [6, 6.07) is 15.3. The number of rotatable bonds is 6. The Bertz CT molecular complexity index is 1440. The van der Waals surface area contributed by atoms with Crippen LogP contribution in [0.3, 0.4) is 0 Å². The van der Waals surface area contributed by atoms with Crippen LogP contribution in [0.2, 0.25) is 0 Å². The average Bonchev–Trinajstić information content (AvgIpc) is 3.57. The van der Waals surface area contributed by atoms with E-state index in [-0.39, 0.29) is 11.9 Å². The fraction of sp³-hybridized carbons (Fsp3) is 0.370. The van der Waals surface area contributed by atoms with E-state index in [9.17, 15) is 9.59 Å². The van der Waals surface area contributed by atoms with Crippen molar-refractivity contribution in [2.45, 2.75) is 10.4 Å². The van der Waals surface area contributed by atoms with E-state index in [4.69, 9.17) is 14.7 Å². The maximum atomic E-state index is 13.3. The van der Waals surface area contributed by atoms with Crippen LogP contribution in [-0.4, -0.2) is 114 Å². The van der Waals surface area contributed by atoms with Crippen molar-refractivity contribution in [2.24, 2.45) is 4.99 Å². The third kappa shape index (κ3) is 4.71. The number of guanidine groups is 1. The van der Waals surface area contributed by atoms with Crippen LogP contribution in [0.4, 0.5) is 10.5 Å². The summed E-state index contributed by atoms with van der Waals surface area (Å²) in [6.07, 6.45) is 0. The molecule has 3 aliphatic rings. The average molecular weight is 565 g/mol. The minimum atomic E-state index is -0.608. The molecular formula is C27H30N7O3S2+. The highest BCUT2D eigenvalue weighted by atomic mass is 32.2. The molecule has 1 aromatic heterocycles. The van der Waals surface area contributed by atoms with Crippen molar-refractivity contribution >= 4 is 62.7 Å². The molecule has 0 saturated carbocycles. The van der Waals surface area contributed by atoms with Crippen molar-refractivity contribution in [3.63, 3.8) is 0 Å². The number of ether oxygens (including phenoxy) is 1. The molecule has 3 aliphatic heterocycles. The first-order valence-corrected chi connectivity index (χ1v) is 14.6. The number of nitrogens with zero attached hydrogens (tertiary/aromatic N) is 7. The van der Waals surface area contributed by atoms with E-state index in [0.29, 0.717) is 12.4 Å². The summed E-state index contributed by atoms with van der Waals surface area (Å²) >= 11 is 3.36. The number of carbonyl (C=O) groups excluding carboxylic acids is 2. The molecule has 3 aromatic rings. The first-order valence-electron chi connectivity index (χ1n) is 12.8. The van der Waals surface area contributed by atoms with Crippen LogP contribution in [-0.2, 0) is 4.79 Å². The second kappa shape index (κ2) is 10.5. The van der Waals surface area contributed by atoms with E-state index < -0.39 is 6.04 Å². The van der Waals surface area contributed by atoms with Gasteiger partial charge in [-0.15, -0.1) is 11.3 Å². The smallest absolute Gasteiger partial charge is 0.392 e. The number of amides is 3. The van der Waals surface area contributed by atoms with Crippen LogP contribution in [0.15, 0.2) is 57.9 Å². The molecule has 1 atom stereocenters. The molecule has 10 nitrogen and oxygen atoms in total. The fourth-order valence-electron chi connectivity index (χ4n) is 5.17. The maximum Gasteiger partial charge on any atom is 0.392 e. The van der Waals surface area contributed by atoms with Gasteiger partial charge in [-0.05, 0) is 36.4 Å². The largest absolute Gasteiger partial charge is 0.497 e. The molecule has 39 heavy (non-hydrogen) atoms. The van der Waals surface area contributed by atoms with E-state index in [0.717, 1.165) is 63.9 Å². The number of fused-ring (bicyclic) bond motifs is 2. The molecule has 12 heteroatoms. The highest BCUT2D eigenvalue weighted by molar-refractivity contribution is 8.01. The monoisotopic (exact) mass is 564 g/mol. The van der Waals surface area contributed by atoms with E-state index in [1.54, 1.807) is 37.3 Å². The lowest BCUT2D eigenvalue weighted by molar-refractivity contribution is -0.534. The number of methoxy groups -OCH3 is 1. The van der Waals surface area contributed by atoms with E-state index in [1.165, 1.54) is 16.8 Å². The van der Waals surface area contributed by atoms with Crippen LogP contribution >= 0.6 is 23.1 Å². The zero-order valence-corrected chi connectivity index (χ0v) is 23.7.